The molecule has 5 heteroatoms. The number of rotatable bonds is 2. The fourth-order valence-corrected chi connectivity index (χ4v) is 2.90. The molecule has 0 aliphatic rings. The molecule has 0 saturated carbocycles. The smallest absolute Gasteiger partial charge is 0.146 e. The van der Waals surface area contributed by atoms with Crippen molar-refractivity contribution in [1.82, 2.24) is 14.5 Å². The predicted octanol–water partition coefficient (Wildman–Crippen LogP) is 3.90. The van der Waals surface area contributed by atoms with Crippen LogP contribution >= 0.6 is 27.5 Å². The van der Waals surface area contributed by atoms with Gasteiger partial charge in [0, 0.05) is 17.2 Å². The van der Waals surface area contributed by atoms with Crippen molar-refractivity contribution in [2.75, 3.05) is 0 Å². The van der Waals surface area contributed by atoms with Crippen LogP contribution in [0.2, 0.25) is 5.15 Å². The van der Waals surface area contributed by atoms with E-state index >= 15 is 0 Å². The van der Waals surface area contributed by atoms with Gasteiger partial charge in [0.15, 0.2) is 0 Å². The van der Waals surface area contributed by atoms with Crippen molar-refractivity contribution in [3.8, 4) is 0 Å². The zero-order valence-electron chi connectivity index (χ0n) is 9.35. The molecule has 0 unspecified atom stereocenters. The predicted molar refractivity (Wildman–Crippen MR) is 75.8 cm³/mol. The number of hydrogen-bond acceptors (Lipinski definition) is 2. The van der Waals surface area contributed by atoms with E-state index in [-0.39, 0.29) is 0 Å². The van der Waals surface area contributed by atoms with Crippen molar-refractivity contribution >= 4 is 38.6 Å². The van der Waals surface area contributed by atoms with Crippen LogP contribution in [-0.2, 0) is 6.54 Å². The Balaban J connectivity index is 2.11. The van der Waals surface area contributed by atoms with Crippen LogP contribution in [0, 0.1) is 0 Å². The Morgan fingerprint density at radius 2 is 1.94 bits per heavy atom. The van der Waals surface area contributed by atoms with Gasteiger partial charge in [0.05, 0.1) is 5.39 Å². The molecule has 0 amide bonds. The standard InChI is InChI=1S/C13H9BrClN3/c14-10-7-18(6-9-4-2-1-3-5-9)13-11(10)12(15)16-8-17-13/h1-5,7-8H,6H2. The summed E-state index contributed by atoms with van der Waals surface area (Å²) in [6, 6.07) is 10.2. The van der Waals surface area contributed by atoms with Gasteiger partial charge in [0.2, 0.25) is 0 Å². The van der Waals surface area contributed by atoms with Crippen molar-refractivity contribution in [2.45, 2.75) is 6.54 Å². The molecule has 0 saturated heterocycles. The van der Waals surface area contributed by atoms with Gasteiger partial charge in [-0.1, -0.05) is 41.9 Å². The average molecular weight is 323 g/mol. The molecular weight excluding hydrogens is 314 g/mol. The highest BCUT2D eigenvalue weighted by Crippen LogP contribution is 2.29. The van der Waals surface area contributed by atoms with Crippen molar-refractivity contribution in [2.24, 2.45) is 0 Å². The fourth-order valence-electron chi connectivity index (χ4n) is 1.94. The summed E-state index contributed by atoms with van der Waals surface area (Å²) in [5, 5.41) is 1.33. The maximum Gasteiger partial charge on any atom is 0.146 e. The maximum atomic E-state index is 6.08. The quantitative estimate of drug-likeness (QED) is 0.670. The van der Waals surface area contributed by atoms with E-state index in [1.54, 1.807) is 0 Å². The average Bonchev–Trinajstić information content (AvgIpc) is 2.69. The molecule has 0 aliphatic carbocycles. The van der Waals surface area contributed by atoms with Crippen LogP contribution < -0.4 is 0 Å². The van der Waals surface area contributed by atoms with E-state index in [4.69, 9.17) is 11.6 Å². The summed E-state index contributed by atoms with van der Waals surface area (Å²) in [6.07, 6.45) is 3.47. The summed E-state index contributed by atoms with van der Waals surface area (Å²) >= 11 is 9.58. The van der Waals surface area contributed by atoms with Crippen molar-refractivity contribution < 1.29 is 0 Å². The first-order valence-electron chi connectivity index (χ1n) is 5.44. The zero-order chi connectivity index (χ0) is 12.5. The molecule has 90 valence electrons. The minimum absolute atomic E-state index is 0.471. The third-order valence-electron chi connectivity index (χ3n) is 2.76. The highest BCUT2D eigenvalue weighted by Gasteiger charge is 2.11. The Labute approximate surface area is 118 Å². The number of hydrogen-bond donors (Lipinski definition) is 0. The molecule has 3 aromatic rings. The Bertz CT molecular complexity index is 694. The highest BCUT2D eigenvalue weighted by molar-refractivity contribution is 9.10. The Kier molecular flexibility index (Phi) is 3.06. The Morgan fingerprint density at radius 3 is 2.72 bits per heavy atom. The molecule has 0 atom stereocenters. The molecule has 0 fully saturated rings. The third kappa shape index (κ3) is 2.02. The molecule has 0 aliphatic heterocycles. The minimum atomic E-state index is 0.471. The van der Waals surface area contributed by atoms with Gasteiger partial charge in [-0.15, -0.1) is 0 Å². The molecular formula is C13H9BrClN3. The highest BCUT2D eigenvalue weighted by atomic mass is 79.9. The van der Waals surface area contributed by atoms with Gasteiger partial charge in [-0.25, -0.2) is 9.97 Å². The Morgan fingerprint density at radius 1 is 1.17 bits per heavy atom. The molecule has 3 rings (SSSR count). The van der Waals surface area contributed by atoms with E-state index in [0.717, 1.165) is 22.1 Å². The van der Waals surface area contributed by atoms with Crippen LogP contribution in [0.25, 0.3) is 11.0 Å². The summed E-state index contributed by atoms with van der Waals surface area (Å²) in [4.78, 5) is 8.30. The van der Waals surface area contributed by atoms with Gasteiger partial charge >= 0.3 is 0 Å². The lowest BCUT2D eigenvalue weighted by atomic mass is 10.2. The Hall–Kier alpha value is -1.39. The van der Waals surface area contributed by atoms with E-state index in [2.05, 4.69) is 42.6 Å². The topological polar surface area (TPSA) is 30.7 Å². The summed E-state index contributed by atoms with van der Waals surface area (Å²) in [6.45, 7) is 0.760. The fraction of sp³-hybridized carbons (Fsp3) is 0.0769. The molecule has 18 heavy (non-hydrogen) atoms. The van der Waals surface area contributed by atoms with Gasteiger partial charge in [0.1, 0.15) is 17.1 Å². The van der Waals surface area contributed by atoms with Crippen molar-refractivity contribution in [1.29, 1.82) is 0 Å². The molecule has 1 aromatic carbocycles. The molecule has 0 spiro atoms. The first-order chi connectivity index (χ1) is 8.75. The van der Waals surface area contributed by atoms with Crippen molar-refractivity contribution in [3.63, 3.8) is 0 Å². The van der Waals surface area contributed by atoms with Crippen molar-refractivity contribution in [3.05, 3.63) is 58.0 Å². The maximum absolute atomic E-state index is 6.08. The van der Waals surface area contributed by atoms with Crippen LogP contribution in [-0.4, -0.2) is 14.5 Å². The lowest BCUT2D eigenvalue weighted by molar-refractivity contribution is 0.822. The molecule has 2 aromatic heterocycles. The van der Waals surface area contributed by atoms with Crippen LogP contribution in [0.3, 0.4) is 0 Å². The number of halogens is 2. The van der Waals surface area contributed by atoms with E-state index in [1.807, 2.05) is 24.4 Å². The monoisotopic (exact) mass is 321 g/mol. The van der Waals surface area contributed by atoms with E-state index in [1.165, 1.54) is 11.9 Å². The number of nitrogens with zero attached hydrogens (tertiary/aromatic N) is 3. The van der Waals surface area contributed by atoms with E-state index < -0.39 is 0 Å². The molecule has 0 N–H and O–H groups in total. The number of aromatic nitrogens is 3. The van der Waals surface area contributed by atoms with E-state index in [0.29, 0.717) is 5.15 Å². The first kappa shape index (κ1) is 11.7. The lowest BCUT2D eigenvalue weighted by Crippen LogP contribution is -1.99. The third-order valence-corrected chi connectivity index (χ3v) is 3.64. The lowest BCUT2D eigenvalue weighted by Gasteiger charge is -2.04. The molecule has 3 nitrogen and oxygen atoms in total. The number of benzene rings is 1. The second kappa shape index (κ2) is 4.71. The summed E-state index contributed by atoms with van der Waals surface area (Å²) < 4.78 is 2.97. The van der Waals surface area contributed by atoms with Gasteiger partial charge in [0.25, 0.3) is 0 Å². The largest absolute Gasteiger partial charge is 0.327 e. The molecule has 0 bridgehead atoms. The van der Waals surface area contributed by atoms with Gasteiger partial charge in [-0.05, 0) is 21.5 Å². The summed E-state index contributed by atoms with van der Waals surface area (Å²) in [5.41, 5.74) is 2.06. The molecule has 0 radical (unpaired) electrons. The molecule has 2 heterocycles. The normalized spacial score (nSPS) is 11.0. The summed E-state index contributed by atoms with van der Waals surface area (Å²) in [7, 11) is 0. The minimum Gasteiger partial charge on any atom is -0.327 e. The summed E-state index contributed by atoms with van der Waals surface area (Å²) in [5.74, 6) is 0. The SMILES string of the molecule is Clc1ncnc2c1c(Br)cn2Cc1ccccc1. The van der Waals surface area contributed by atoms with Crippen LogP contribution in [0.15, 0.2) is 47.3 Å². The van der Waals surface area contributed by atoms with Gasteiger partial charge in [-0.3, -0.25) is 0 Å². The van der Waals surface area contributed by atoms with E-state index in [9.17, 15) is 0 Å². The van der Waals surface area contributed by atoms with Gasteiger partial charge < -0.3 is 4.57 Å². The van der Waals surface area contributed by atoms with Crippen LogP contribution in [0.5, 0.6) is 0 Å². The first-order valence-corrected chi connectivity index (χ1v) is 6.61. The zero-order valence-corrected chi connectivity index (χ0v) is 11.7. The van der Waals surface area contributed by atoms with Crippen LogP contribution in [0.1, 0.15) is 5.56 Å². The second-order valence-corrected chi connectivity index (χ2v) is 5.17. The number of fused-ring (bicyclic) bond motifs is 1. The van der Waals surface area contributed by atoms with Gasteiger partial charge in [-0.2, -0.15) is 0 Å². The van der Waals surface area contributed by atoms with Crippen LogP contribution in [0.4, 0.5) is 0 Å². The second-order valence-electron chi connectivity index (χ2n) is 3.95.